The summed E-state index contributed by atoms with van der Waals surface area (Å²) in [5, 5.41) is 10.2. The fourth-order valence-corrected chi connectivity index (χ4v) is 3.45. The van der Waals surface area contributed by atoms with Gasteiger partial charge in [-0.2, -0.15) is 5.11 Å². The highest BCUT2D eigenvalue weighted by Crippen LogP contribution is 2.36. The molecule has 0 bridgehead atoms. The normalized spacial score (nSPS) is 22.0. The van der Waals surface area contributed by atoms with Crippen LogP contribution >= 0.6 is 11.6 Å². The maximum Gasteiger partial charge on any atom is 0.263 e. The topological polar surface area (TPSA) is 65.3 Å². The van der Waals surface area contributed by atoms with Gasteiger partial charge in [0.25, 0.3) is 11.8 Å². The second kappa shape index (κ2) is 5.97. The zero-order valence-corrected chi connectivity index (χ0v) is 14.2. The number of hydrogen-bond donors (Lipinski definition) is 0. The van der Waals surface area contributed by atoms with Crippen LogP contribution in [-0.4, -0.2) is 23.9 Å². The number of imide groups is 1. The lowest BCUT2D eigenvalue weighted by atomic mass is 10.1. The predicted molar refractivity (Wildman–Crippen MR) is 94.7 cm³/mol. The summed E-state index contributed by atoms with van der Waals surface area (Å²) >= 11 is 6.00. The maximum absolute atomic E-state index is 13.0. The van der Waals surface area contributed by atoms with E-state index in [-0.39, 0.29) is 11.8 Å². The molecule has 0 saturated carbocycles. The second-order valence-corrected chi connectivity index (χ2v) is 6.35. The predicted octanol–water partition coefficient (Wildman–Crippen LogP) is 3.40. The fourth-order valence-electron chi connectivity index (χ4n) is 3.26. The van der Waals surface area contributed by atoms with E-state index in [0.29, 0.717) is 10.7 Å². The van der Waals surface area contributed by atoms with Crippen LogP contribution in [0.5, 0.6) is 0 Å². The van der Waals surface area contributed by atoms with Gasteiger partial charge in [0, 0.05) is 5.02 Å². The number of rotatable bonds is 3. The van der Waals surface area contributed by atoms with Crippen molar-refractivity contribution < 1.29 is 9.59 Å². The monoisotopic (exact) mass is 354 g/mol. The number of amides is 2. The van der Waals surface area contributed by atoms with Crippen LogP contribution in [0.4, 0.5) is 11.4 Å². The molecular formula is C18H15ClN4O2. The molecule has 2 aliphatic rings. The van der Waals surface area contributed by atoms with Crippen molar-refractivity contribution in [2.75, 3.05) is 9.91 Å². The number of carbonyl (C=O) groups excluding carboxylic acids is 2. The van der Waals surface area contributed by atoms with Crippen molar-refractivity contribution in [3.05, 3.63) is 59.1 Å². The zero-order valence-electron chi connectivity index (χ0n) is 13.5. The molecule has 2 heterocycles. The molecule has 25 heavy (non-hydrogen) atoms. The molecule has 6 nitrogen and oxygen atoms in total. The first-order valence-electron chi connectivity index (χ1n) is 8.03. The third-order valence-electron chi connectivity index (χ3n) is 4.47. The molecule has 2 aromatic carbocycles. The molecular weight excluding hydrogens is 340 g/mol. The molecule has 0 radical (unpaired) electrons. The van der Waals surface area contributed by atoms with E-state index in [1.165, 1.54) is 0 Å². The lowest BCUT2D eigenvalue weighted by Gasteiger charge is -2.22. The summed E-state index contributed by atoms with van der Waals surface area (Å²) in [6.45, 7) is 2.03. The quantitative estimate of drug-likeness (QED) is 0.793. The van der Waals surface area contributed by atoms with Gasteiger partial charge in [0.15, 0.2) is 12.1 Å². The third kappa shape index (κ3) is 2.41. The third-order valence-corrected chi connectivity index (χ3v) is 4.70. The van der Waals surface area contributed by atoms with Crippen LogP contribution in [-0.2, 0) is 16.0 Å². The molecule has 0 unspecified atom stereocenters. The molecule has 126 valence electrons. The van der Waals surface area contributed by atoms with Gasteiger partial charge in [-0.15, -0.1) is 0 Å². The standard InChI is InChI=1S/C18H15ClN4O2/c1-2-11-6-3-4-9-14(11)23-16-15(20-21-23)17(24)22(18(16)25)13-8-5-7-12(19)10-13/h3-10,15-16H,2H2,1H3/t15-,16+/m0/s1. The smallest absolute Gasteiger partial charge is 0.263 e. The molecule has 0 N–H and O–H groups in total. The number of carbonyl (C=O) groups is 2. The SMILES string of the molecule is CCc1ccccc1N1N=N[C@@H]2C(=O)N(c3cccc(Cl)c3)C(=O)[C@@H]21. The maximum atomic E-state index is 13.0. The van der Waals surface area contributed by atoms with Crippen molar-refractivity contribution in [2.24, 2.45) is 10.3 Å². The average molecular weight is 355 g/mol. The van der Waals surface area contributed by atoms with Crippen LogP contribution in [0.1, 0.15) is 12.5 Å². The Labute approximate surface area is 149 Å². The highest BCUT2D eigenvalue weighted by Gasteiger charge is 2.55. The molecule has 2 aromatic rings. The summed E-state index contributed by atoms with van der Waals surface area (Å²) in [7, 11) is 0. The van der Waals surface area contributed by atoms with E-state index in [4.69, 9.17) is 11.6 Å². The van der Waals surface area contributed by atoms with Gasteiger partial charge in [-0.05, 0) is 36.2 Å². The van der Waals surface area contributed by atoms with Crippen LogP contribution in [0.25, 0.3) is 0 Å². The highest BCUT2D eigenvalue weighted by molar-refractivity contribution is 6.32. The van der Waals surface area contributed by atoms with Gasteiger partial charge in [-0.1, -0.05) is 48.0 Å². The van der Waals surface area contributed by atoms with Crippen LogP contribution in [0.15, 0.2) is 58.9 Å². The largest absolute Gasteiger partial charge is 0.271 e. The Hall–Kier alpha value is -2.73. The summed E-state index contributed by atoms with van der Waals surface area (Å²) < 4.78 is 0. The molecule has 0 aliphatic carbocycles. The highest BCUT2D eigenvalue weighted by atomic mass is 35.5. The number of benzene rings is 2. The minimum absolute atomic E-state index is 0.340. The van der Waals surface area contributed by atoms with Crippen LogP contribution in [0.3, 0.4) is 0 Å². The minimum atomic E-state index is -0.823. The first-order chi connectivity index (χ1) is 12.1. The molecule has 2 atom stereocenters. The van der Waals surface area contributed by atoms with Gasteiger partial charge < -0.3 is 0 Å². The Kier molecular flexibility index (Phi) is 3.77. The number of nitrogens with zero attached hydrogens (tertiary/aromatic N) is 4. The molecule has 0 spiro atoms. The average Bonchev–Trinajstić information content (AvgIpc) is 3.15. The molecule has 1 fully saturated rings. The minimum Gasteiger partial charge on any atom is -0.271 e. The number of para-hydroxylation sites is 1. The van der Waals surface area contributed by atoms with Gasteiger partial charge in [0.2, 0.25) is 0 Å². The number of fused-ring (bicyclic) bond motifs is 1. The van der Waals surface area contributed by atoms with Crippen molar-refractivity contribution in [1.29, 1.82) is 0 Å². The Morgan fingerprint density at radius 1 is 1.08 bits per heavy atom. The first-order valence-corrected chi connectivity index (χ1v) is 8.41. The fraction of sp³-hybridized carbons (Fsp3) is 0.222. The van der Waals surface area contributed by atoms with Gasteiger partial charge in [0.05, 0.1) is 11.4 Å². The van der Waals surface area contributed by atoms with Crippen LogP contribution < -0.4 is 9.91 Å². The van der Waals surface area contributed by atoms with Gasteiger partial charge >= 0.3 is 0 Å². The van der Waals surface area contributed by atoms with Gasteiger partial charge in [-0.3, -0.25) is 9.59 Å². The van der Waals surface area contributed by atoms with Crippen molar-refractivity contribution in [3.8, 4) is 0 Å². The van der Waals surface area contributed by atoms with Crippen molar-refractivity contribution in [1.82, 2.24) is 0 Å². The summed E-state index contributed by atoms with van der Waals surface area (Å²) in [5.74, 6) is -0.717. The van der Waals surface area contributed by atoms with E-state index in [0.717, 1.165) is 22.6 Å². The number of aryl methyl sites for hydroxylation is 1. The molecule has 1 saturated heterocycles. The van der Waals surface area contributed by atoms with Crippen molar-refractivity contribution in [3.63, 3.8) is 0 Å². The summed E-state index contributed by atoms with van der Waals surface area (Å²) in [5.41, 5.74) is 2.30. The Morgan fingerprint density at radius 3 is 2.64 bits per heavy atom. The van der Waals surface area contributed by atoms with E-state index < -0.39 is 12.1 Å². The molecule has 2 amide bonds. The van der Waals surface area contributed by atoms with E-state index in [1.54, 1.807) is 29.3 Å². The number of anilines is 2. The van der Waals surface area contributed by atoms with E-state index in [9.17, 15) is 9.59 Å². The van der Waals surface area contributed by atoms with Crippen molar-refractivity contribution in [2.45, 2.75) is 25.4 Å². The van der Waals surface area contributed by atoms with E-state index in [2.05, 4.69) is 10.3 Å². The molecule has 0 aromatic heterocycles. The Balaban J connectivity index is 1.73. The summed E-state index contributed by atoms with van der Waals surface area (Å²) in [6, 6.07) is 12.8. The first kappa shape index (κ1) is 15.8. The number of hydrogen-bond acceptors (Lipinski definition) is 5. The summed E-state index contributed by atoms with van der Waals surface area (Å²) in [6.07, 6.45) is 0.791. The number of halogens is 1. The van der Waals surface area contributed by atoms with Gasteiger partial charge in [0.1, 0.15) is 0 Å². The van der Waals surface area contributed by atoms with Crippen LogP contribution in [0, 0.1) is 0 Å². The lowest BCUT2D eigenvalue weighted by Crippen LogP contribution is -2.40. The van der Waals surface area contributed by atoms with E-state index >= 15 is 0 Å². The second-order valence-electron chi connectivity index (χ2n) is 5.91. The molecule has 4 rings (SSSR count). The Bertz CT molecular complexity index is 898. The molecule has 7 heteroatoms. The summed E-state index contributed by atoms with van der Waals surface area (Å²) in [4.78, 5) is 26.9. The van der Waals surface area contributed by atoms with Crippen LogP contribution in [0.2, 0.25) is 5.02 Å². The Morgan fingerprint density at radius 2 is 1.88 bits per heavy atom. The zero-order chi connectivity index (χ0) is 17.6. The van der Waals surface area contributed by atoms with E-state index in [1.807, 2.05) is 31.2 Å². The molecule has 2 aliphatic heterocycles. The van der Waals surface area contributed by atoms with Gasteiger partial charge in [-0.25, -0.2) is 9.91 Å². The lowest BCUT2D eigenvalue weighted by molar-refractivity contribution is -0.121. The van der Waals surface area contributed by atoms with Crippen molar-refractivity contribution >= 4 is 34.8 Å².